The number of carbonyl (C=O) groups is 1. The Kier molecular flexibility index (Phi) is 3.60. The lowest BCUT2D eigenvalue weighted by molar-refractivity contribution is -0.141. The molecule has 1 atom stereocenters. The molecular weight excluding hydrogens is 296 g/mol. The van der Waals surface area contributed by atoms with Crippen molar-refractivity contribution in [2.24, 2.45) is 7.05 Å². The molecule has 4 heterocycles. The van der Waals surface area contributed by atoms with Crippen molar-refractivity contribution in [3.8, 4) is 0 Å². The highest BCUT2D eigenvalue weighted by Gasteiger charge is 2.31. The van der Waals surface area contributed by atoms with Crippen LogP contribution in [0.1, 0.15) is 12.8 Å². The molecule has 4 rings (SSSR count). The number of aromatic nitrogens is 4. The lowest BCUT2D eigenvalue weighted by Crippen LogP contribution is -2.51. The first-order valence-corrected chi connectivity index (χ1v) is 8.02. The maximum Gasteiger partial charge on any atom is 0.251 e. The van der Waals surface area contributed by atoms with E-state index < -0.39 is 0 Å². The SMILES string of the molecule is Cn1ncc2c(N3CCN(C(=O)[C@@H]4CCCO4)CC3)ncnc21. The summed E-state index contributed by atoms with van der Waals surface area (Å²) in [6.45, 7) is 3.63. The van der Waals surface area contributed by atoms with Gasteiger partial charge in [0.15, 0.2) is 5.65 Å². The first-order valence-electron chi connectivity index (χ1n) is 8.02. The second kappa shape index (κ2) is 5.77. The molecule has 0 aromatic carbocycles. The van der Waals surface area contributed by atoms with Gasteiger partial charge in [0.25, 0.3) is 5.91 Å². The zero-order valence-corrected chi connectivity index (χ0v) is 13.2. The van der Waals surface area contributed by atoms with Crippen LogP contribution in [0.5, 0.6) is 0 Å². The van der Waals surface area contributed by atoms with E-state index >= 15 is 0 Å². The molecule has 0 saturated carbocycles. The molecule has 0 unspecified atom stereocenters. The summed E-state index contributed by atoms with van der Waals surface area (Å²) in [5.74, 6) is 1.03. The van der Waals surface area contributed by atoms with Crippen LogP contribution in [0.2, 0.25) is 0 Å². The number of hydrogen-bond donors (Lipinski definition) is 0. The van der Waals surface area contributed by atoms with Crippen LogP contribution in [0.25, 0.3) is 11.0 Å². The first-order chi connectivity index (χ1) is 11.2. The predicted octanol–water partition coefficient (Wildman–Crippen LogP) is 0.191. The van der Waals surface area contributed by atoms with Crippen LogP contribution in [-0.4, -0.2) is 69.4 Å². The molecule has 0 spiro atoms. The Labute approximate surface area is 134 Å². The van der Waals surface area contributed by atoms with Gasteiger partial charge in [0.05, 0.1) is 11.6 Å². The molecule has 0 N–H and O–H groups in total. The van der Waals surface area contributed by atoms with Gasteiger partial charge in [-0.05, 0) is 12.8 Å². The van der Waals surface area contributed by atoms with Crippen LogP contribution >= 0.6 is 0 Å². The largest absolute Gasteiger partial charge is 0.368 e. The van der Waals surface area contributed by atoms with E-state index in [9.17, 15) is 4.79 Å². The van der Waals surface area contributed by atoms with Crippen LogP contribution < -0.4 is 4.90 Å². The van der Waals surface area contributed by atoms with E-state index in [1.165, 1.54) is 0 Å². The second-order valence-corrected chi connectivity index (χ2v) is 6.02. The van der Waals surface area contributed by atoms with Crippen LogP contribution in [0.15, 0.2) is 12.5 Å². The molecule has 1 amide bonds. The second-order valence-electron chi connectivity index (χ2n) is 6.02. The van der Waals surface area contributed by atoms with Crippen LogP contribution in [0, 0.1) is 0 Å². The summed E-state index contributed by atoms with van der Waals surface area (Å²) in [6.07, 6.45) is 4.97. The van der Waals surface area contributed by atoms with Crippen LogP contribution in [0.3, 0.4) is 0 Å². The van der Waals surface area contributed by atoms with Gasteiger partial charge in [0, 0.05) is 39.8 Å². The number of rotatable bonds is 2. The summed E-state index contributed by atoms with van der Waals surface area (Å²) < 4.78 is 7.25. The fourth-order valence-corrected chi connectivity index (χ4v) is 3.32. The summed E-state index contributed by atoms with van der Waals surface area (Å²) in [7, 11) is 1.87. The van der Waals surface area contributed by atoms with Crippen molar-refractivity contribution in [1.82, 2.24) is 24.6 Å². The summed E-state index contributed by atoms with van der Waals surface area (Å²) >= 11 is 0. The number of ether oxygens (including phenoxy) is 1. The molecule has 2 aromatic rings. The lowest BCUT2D eigenvalue weighted by Gasteiger charge is -2.36. The third-order valence-electron chi connectivity index (χ3n) is 4.60. The number of anilines is 1. The highest BCUT2D eigenvalue weighted by atomic mass is 16.5. The quantitative estimate of drug-likeness (QED) is 0.787. The Bertz CT molecular complexity index is 716. The van der Waals surface area contributed by atoms with E-state index in [4.69, 9.17) is 4.74 Å². The summed E-state index contributed by atoms with van der Waals surface area (Å²) in [4.78, 5) is 25.2. The fraction of sp³-hybridized carbons (Fsp3) is 0.600. The van der Waals surface area contributed by atoms with E-state index in [-0.39, 0.29) is 12.0 Å². The maximum absolute atomic E-state index is 12.4. The van der Waals surface area contributed by atoms with Crippen molar-refractivity contribution >= 4 is 22.8 Å². The number of amides is 1. The van der Waals surface area contributed by atoms with Gasteiger partial charge in [-0.3, -0.25) is 9.48 Å². The molecule has 2 aromatic heterocycles. The third kappa shape index (κ3) is 2.52. The average Bonchev–Trinajstić information content (AvgIpc) is 3.25. The summed E-state index contributed by atoms with van der Waals surface area (Å²) in [5.41, 5.74) is 0.827. The Morgan fingerprint density at radius 1 is 1.26 bits per heavy atom. The van der Waals surface area contributed by atoms with Crippen molar-refractivity contribution in [3.05, 3.63) is 12.5 Å². The molecule has 122 valence electrons. The minimum Gasteiger partial charge on any atom is -0.368 e. The zero-order chi connectivity index (χ0) is 15.8. The highest BCUT2D eigenvalue weighted by Crippen LogP contribution is 2.24. The Hall–Kier alpha value is -2.22. The number of nitrogens with zero attached hydrogens (tertiary/aromatic N) is 6. The fourth-order valence-electron chi connectivity index (χ4n) is 3.32. The average molecular weight is 316 g/mol. The van der Waals surface area contributed by atoms with Crippen molar-refractivity contribution in [3.63, 3.8) is 0 Å². The van der Waals surface area contributed by atoms with Crippen molar-refractivity contribution in [2.45, 2.75) is 18.9 Å². The van der Waals surface area contributed by atoms with Gasteiger partial charge in [-0.15, -0.1) is 0 Å². The van der Waals surface area contributed by atoms with Gasteiger partial charge in [-0.2, -0.15) is 5.10 Å². The number of piperazine rings is 1. The standard InChI is InChI=1S/C15H20N6O2/c1-19-13-11(9-18-19)14(17-10-16-13)20-4-6-21(7-5-20)15(22)12-3-2-8-23-12/h9-10,12H,2-8H2,1H3/t12-/m0/s1. The van der Waals surface area contributed by atoms with Crippen LogP contribution in [-0.2, 0) is 16.6 Å². The van der Waals surface area contributed by atoms with E-state index in [2.05, 4.69) is 20.0 Å². The molecular formula is C15H20N6O2. The molecule has 2 fully saturated rings. The Morgan fingerprint density at radius 2 is 2.09 bits per heavy atom. The number of carbonyl (C=O) groups excluding carboxylic acids is 1. The predicted molar refractivity (Wildman–Crippen MR) is 84.1 cm³/mol. The van der Waals surface area contributed by atoms with Gasteiger partial charge in [0.2, 0.25) is 0 Å². The minimum atomic E-state index is -0.231. The third-order valence-corrected chi connectivity index (χ3v) is 4.60. The summed E-state index contributed by atoms with van der Waals surface area (Å²) in [6, 6.07) is 0. The maximum atomic E-state index is 12.4. The topological polar surface area (TPSA) is 76.4 Å². The molecule has 2 saturated heterocycles. The van der Waals surface area contributed by atoms with Crippen LogP contribution in [0.4, 0.5) is 5.82 Å². The molecule has 8 heteroatoms. The zero-order valence-electron chi connectivity index (χ0n) is 13.2. The van der Waals surface area contributed by atoms with Gasteiger partial charge in [-0.25, -0.2) is 9.97 Å². The molecule has 8 nitrogen and oxygen atoms in total. The first kappa shape index (κ1) is 14.4. The van der Waals surface area contributed by atoms with E-state index in [0.29, 0.717) is 19.7 Å². The van der Waals surface area contributed by atoms with Gasteiger partial charge in [0.1, 0.15) is 18.2 Å². The summed E-state index contributed by atoms with van der Waals surface area (Å²) in [5, 5.41) is 5.21. The van der Waals surface area contributed by atoms with E-state index in [0.717, 1.165) is 42.8 Å². The number of fused-ring (bicyclic) bond motifs is 1. The van der Waals surface area contributed by atoms with Crippen molar-refractivity contribution < 1.29 is 9.53 Å². The normalized spacial score (nSPS) is 22.0. The molecule has 0 aliphatic carbocycles. The molecule has 23 heavy (non-hydrogen) atoms. The number of hydrogen-bond acceptors (Lipinski definition) is 6. The Morgan fingerprint density at radius 3 is 2.83 bits per heavy atom. The van der Waals surface area contributed by atoms with Gasteiger partial charge < -0.3 is 14.5 Å². The lowest BCUT2D eigenvalue weighted by atomic mass is 10.2. The smallest absolute Gasteiger partial charge is 0.251 e. The van der Waals surface area contributed by atoms with Crippen molar-refractivity contribution in [2.75, 3.05) is 37.7 Å². The minimum absolute atomic E-state index is 0.136. The van der Waals surface area contributed by atoms with E-state index in [1.54, 1.807) is 17.2 Å². The van der Waals surface area contributed by atoms with E-state index in [1.807, 2.05) is 11.9 Å². The molecule has 0 radical (unpaired) electrons. The molecule has 0 bridgehead atoms. The van der Waals surface area contributed by atoms with Gasteiger partial charge >= 0.3 is 0 Å². The van der Waals surface area contributed by atoms with Crippen molar-refractivity contribution in [1.29, 1.82) is 0 Å². The highest BCUT2D eigenvalue weighted by molar-refractivity contribution is 5.87. The molecule has 2 aliphatic rings. The molecule has 2 aliphatic heterocycles. The van der Waals surface area contributed by atoms with Gasteiger partial charge in [-0.1, -0.05) is 0 Å². The number of aryl methyl sites for hydroxylation is 1. The Balaban J connectivity index is 1.47. The monoisotopic (exact) mass is 316 g/mol.